The lowest BCUT2D eigenvalue weighted by atomic mass is 9.88. The van der Waals surface area contributed by atoms with Gasteiger partial charge in [-0.2, -0.15) is 5.10 Å². The molecule has 3 heteroatoms. The van der Waals surface area contributed by atoms with Crippen LogP contribution >= 0.6 is 0 Å². The molecule has 0 spiro atoms. The van der Waals surface area contributed by atoms with E-state index in [4.69, 9.17) is 0 Å². The number of aryl methyl sites for hydroxylation is 2. The fourth-order valence-corrected chi connectivity index (χ4v) is 2.13. The third-order valence-electron chi connectivity index (χ3n) is 3.18. The zero-order chi connectivity index (χ0) is 14.0. The maximum absolute atomic E-state index is 4.64. The minimum absolute atomic E-state index is 0.270. The zero-order valence-electron chi connectivity index (χ0n) is 12.6. The first kappa shape index (κ1) is 13.8. The van der Waals surface area contributed by atoms with Crippen LogP contribution in [0, 0.1) is 12.3 Å². The summed E-state index contributed by atoms with van der Waals surface area (Å²) in [5.41, 5.74) is 5.01. The van der Waals surface area contributed by atoms with Crippen LogP contribution < -0.4 is 0 Å². The molecule has 19 heavy (non-hydrogen) atoms. The summed E-state index contributed by atoms with van der Waals surface area (Å²) in [6.07, 6.45) is 6.95. The molecule has 0 fully saturated rings. The SMILES string of the molecule is CCn1cc(-c2cnc(CC(C)(C)C)c(C)c2)cn1. The van der Waals surface area contributed by atoms with E-state index in [0.29, 0.717) is 0 Å². The third-order valence-corrected chi connectivity index (χ3v) is 3.18. The molecule has 3 nitrogen and oxygen atoms in total. The van der Waals surface area contributed by atoms with Gasteiger partial charge in [0, 0.05) is 35.8 Å². The normalized spacial score (nSPS) is 11.8. The summed E-state index contributed by atoms with van der Waals surface area (Å²) in [6.45, 7) is 11.9. The molecule has 0 N–H and O–H groups in total. The van der Waals surface area contributed by atoms with Crippen LogP contribution in [0.15, 0.2) is 24.7 Å². The fraction of sp³-hybridized carbons (Fsp3) is 0.500. The van der Waals surface area contributed by atoms with Crippen molar-refractivity contribution < 1.29 is 0 Å². The summed E-state index contributed by atoms with van der Waals surface area (Å²) in [5.74, 6) is 0. The van der Waals surface area contributed by atoms with Crippen LogP contribution in [0.3, 0.4) is 0 Å². The lowest BCUT2D eigenvalue weighted by molar-refractivity contribution is 0.405. The molecule has 2 heterocycles. The highest BCUT2D eigenvalue weighted by atomic mass is 15.3. The second-order valence-corrected chi connectivity index (χ2v) is 6.31. The Morgan fingerprint density at radius 3 is 2.42 bits per heavy atom. The molecule has 2 rings (SSSR count). The van der Waals surface area contributed by atoms with Gasteiger partial charge in [0.2, 0.25) is 0 Å². The lowest BCUT2D eigenvalue weighted by Gasteiger charge is -2.19. The first-order valence-electron chi connectivity index (χ1n) is 6.87. The van der Waals surface area contributed by atoms with Gasteiger partial charge in [-0.25, -0.2) is 0 Å². The molecule has 0 aromatic carbocycles. The van der Waals surface area contributed by atoms with Gasteiger partial charge < -0.3 is 0 Å². The van der Waals surface area contributed by atoms with Crippen molar-refractivity contribution in [3.8, 4) is 11.1 Å². The molecule has 0 amide bonds. The van der Waals surface area contributed by atoms with Crippen molar-refractivity contribution in [1.29, 1.82) is 0 Å². The maximum atomic E-state index is 4.64. The fourth-order valence-electron chi connectivity index (χ4n) is 2.13. The average Bonchev–Trinajstić information content (AvgIpc) is 2.79. The van der Waals surface area contributed by atoms with Crippen molar-refractivity contribution in [3.05, 3.63) is 35.9 Å². The van der Waals surface area contributed by atoms with E-state index < -0.39 is 0 Å². The molecule has 0 aliphatic carbocycles. The van der Waals surface area contributed by atoms with E-state index in [1.54, 1.807) is 0 Å². The van der Waals surface area contributed by atoms with E-state index in [1.165, 1.54) is 11.3 Å². The number of rotatable bonds is 3. The van der Waals surface area contributed by atoms with Crippen molar-refractivity contribution in [3.63, 3.8) is 0 Å². The van der Waals surface area contributed by atoms with Crippen molar-refractivity contribution in [1.82, 2.24) is 14.8 Å². The molecule has 0 unspecified atom stereocenters. The van der Waals surface area contributed by atoms with Gasteiger partial charge >= 0.3 is 0 Å². The number of aromatic nitrogens is 3. The maximum Gasteiger partial charge on any atom is 0.0568 e. The molecule has 0 saturated heterocycles. The number of pyridine rings is 1. The van der Waals surface area contributed by atoms with E-state index in [9.17, 15) is 0 Å². The first-order valence-corrected chi connectivity index (χ1v) is 6.87. The quantitative estimate of drug-likeness (QED) is 0.836. The molecule has 0 bridgehead atoms. The summed E-state index contributed by atoms with van der Waals surface area (Å²) in [6, 6.07) is 2.21. The third kappa shape index (κ3) is 3.43. The predicted molar refractivity (Wildman–Crippen MR) is 79.0 cm³/mol. The smallest absolute Gasteiger partial charge is 0.0568 e. The molecular weight excluding hydrogens is 234 g/mol. The van der Waals surface area contributed by atoms with E-state index in [0.717, 1.165) is 24.1 Å². The van der Waals surface area contributed by atoms with E-state index in [-0.39, 0.29) is 5.41 Å². The molecule has 2 aromatic heterocycles. The van der Waals surface area contributed by atoms with Gasteiger partial charge in [-0.1, -0.05) is 20.8 Å². The Balaban J connectivity index is 2.28. The standard InChI is InChI=1S/C16H23N3/c1-6-19-11-14(10-18-19)13-7-12(2)15(17-9-13)8-16(3,4)5/h7,9-11H,6,8H2,1-5H3. The first-order chi connectivity index (χ1) is 8.89. The summed E-state index contributed by atoms with van der Waals surface area (Å²) in [7, 11) is 0. The highest BCUT2D eigenvalue weighted by Gasteiger charge is 2.14. The molecule has 0 saturated carbocycles. The van der Waals surface area contributed by atoms with Crippen LogP contribution in [0.4, 0.5) is 0 Å². The van der Waals surface area contributed by atoms with Gasteiger partial charge in [0.25, 0.3) is 0 Å². The Bertz CT molecular complexity index is 562. The highest BCUT2D eigenvalue weighted by Crippen LogP contribution is 2.25. The Morgan fingerprint density at radius 2 is 1.89 bits per heavy atom. The minimum atomic E-state index is 0.270. The van der Waals surface area contributed by atoms with Gasteiger partial charge in [0.05, 0.1) is 6.20 Å². The van der Waals surface area contributed by atoms with Gasteiger partial charge in [-0.05, 0) is 37.3 Å². The van der Waals surface area contributed by atoms with Crippen molar-refractivity contribution >= 4 is 0 Å². The second-order valence-electron chi connectivity index (χ2n) is 6.31. The summed E-state index contributed by atoms with van der Waals surface area (Å²) >= 11 is 0. The summed E-state index contributed by atoms with van der Waals surface area (Å²) in [4.78, 5) is 4.64. The monoisotopic (exact) mass is 257 g/mol. The number of hydrogen-bond acceptors (Lipinski definition) is 2. The molecule has 0 radical (unpaired) electrons. The predicted octanol–water partition coefficient (Wildman–Crippen LogP) is 3.86. The molecular formula is C16H23N3. The van der Waals surface area contributed by atoms with Gasteiger partial charge in [-0.3, -0.25) is 9.67 Å². The lowest BCUT2D eigenvalue weighted by Crippen LogP contribution is -2.11. The molecule has 102 valence electrons. The Kier molecular flexibility index (Phi) is 3.74. The topological polar surface area (TPSA) is 30.7 Å². The van der Waals surface area contributed by atoms with Gasteiger partial charge in [0.1, 0.15) is 0 Å². The Morgan fingerprint density at radius 1 is 1.16 bits per heavy atom. The van der Waals surface area contributed by atoms with Crippen LogP contribution in [0.2, 0.25) is 0 Å². The van der Waals surface area contributed by atoms with Crippen LogP contribution in [0.5, 0.6) is 0 Å². The van der Waals surface area contributed by atoms with Crippen LogP contribution in [-0.4, -0.2) is 14.8 Å². The van der Waals surface area contributed by atoms with Crippen molar-refractivity contribution in [2.45, 2.75) is 47.6 Å². The number of hydrogen-bond donors (Lipinski definition) is 0. The highest BCUT2D eigenvalue weighted by molar-refractivity contribution is 5.61. The second kappa shape index (κ2) is 5.16. The Hall–Kier alpha value is -1.64. The van der Waals surface area contributed by atoms with Crippen molar-refractivity contribution in [2.24, 2.45) is 5.41 Å². The summed E-state index contributed by atoms with van der Waals surface area (Å²) in [5, 5.41) is 4.31. The molecule has 0 aliphatic heterocycles. The Labute approximate surface area is 115 Å². The van der Waals surface area contributed by atoms with Crippen LogP contribution in [-0.2, 0) is 13.0 Å². The van der Waals surface area contributed by atoms with Gasteiger partial charge in [-0.15, -0.1) is 0 Å². The zero-order valence-corrected chi connectivity index (χ0v) is 12.6. The molecule has 2 aromatic rings. The van der Waals surface area contributed by atoms with E-state index in [1.807, 2.05) is 17.1 Å². The van der Waals surface area contributed by atoms with E-state index in [2.05, 4.69) is 57.0 Å². The molecule has 0 atom stereocenters. The molecule has 0 aliphatic rings. The largest absolute Gasteiger partial charge is 0.272 e. The van der Waals surface area contributed by atoms with Crippen molar-refractivity contribution in [2.75, 3.05) is 0 Å². The van der Waals surface area contributed by atoms with E-state index >= 15 is 0 Å². The van der Waals surface area contributed by atoms with Gasteiger partial charge in [0.15, 0.2) is 0 Å². The number of nitrogens with zero attached hydrogens (tertiary/aromatic N) is 3. The average molecular weight is 257 g/mol. The summed E-state index contributed by atoms with van der Waals surface area (Å²) < 4.78 is 1.94. The van der Waals surface area contributed by atoms with Crippen LogP contribution in [0.1, 0.15) is 39.0 Å². The minimum Gasteiger partial charge on any atom is -0.272 e. The van der Waals surface area contributed by atoms with Crippen LogP contribution in [0.25, 0.3) is 11.1 Å².